The molecule has 1 aromatic heterocycles. The van der Waals surface area contributed by atoms with Crippen LogP contribution in [0.15, 0.2) is 66.7 Å². The Balaban J connectivity index is 1.40. The van der Waals surface area contributed by atoms with E-state index in [1.165, 1.54) is 5.56 Å². The van der Waals surface area contributed by atoms with Gasteiger partial charge in [0.1, 0.15) is 18.2 Å². The number of fused-ring (bicyclic) bond motifs is 1. The Kier molecular flexibility index (Phi) is 5.81. The van der Waals surface area contributed by atoms with Gasteiger partial charge in [-0.3, -0.25) is 4.79 Å². The van der Waals surface area contributed by atoms with E-state index in [4.69, 9.17) is 21.3 Å². The van der Waals surface area contributed by atoms with Gasteiger partial charge in [-0.15, -0.1) is 0 Å². The zero-order chi connectivity index (χ0) is 22.9. The van der Waals surface area contributed by atoms with Gasteiger partial charge >= 0.3 is 0 Å². The molecule has 6 heteroatoms. The summed E-state index contributed by atoms with van der Waals surface area (Å²) in [4.78, 5) is 19.9. The fourth-order valence-corrected chi connectivity index (χ4v) is 4.77. The Morgan fingerprint density at radius 2 is 1.85 bits per heavy atom. The van der Waals surface area contributed by atoms with Crippen LogP contribution in [0, 0.1) is 13.8 Å². The van der Waals surface area contributed by atoms with Crippen molar-refractivity contribution in [2.24, 2.45) is 0 Å². The van der Waals surface area contributed by atoms with E-state index < -0.39 is 0 Å². The molecule has 2 heterocycles. The maximum absolute atomic E-state index is 13.0. The summed E-state index contributed by atoms with van der Waals surface area (Å²) in [5.41, 5.74) is 5.30. The molecular formula is C27H26ClN3O2. The zero-order valence-electron chi connectivity index (χ0n) is 18.8. The highest BCUT2D eigenvalue weighted by molar-refractivity contribution is 6.30. The van der Waals surface area contributed by atoms with E-state index in [2.05, 4.69) is 36.6 Å². The normalized spacial score (nSPS) is 16.0. The molecule has 5 nitrogen and oxygen atoms in total. The lowest BCUT2D eigenvalue weighted by molar-refractivity contribution is -0.117. The second-order valence-electron chi connectivity index (χ2n) is 8.61. The molecule has 33 heavy (non-hydrogen) atoms. The Bertz CT molecular complexity index is 1310. The smallest absolute Gasteiger partial charge is 0.227 e. The highest BCUT2D eigenvalue weighted by atomic mass is 35.5. The molecule has 4 aromatic rings. The molecule has 1 aliphatic rings. The number of halogens is 1. The molecule has 1 atom stereocenters. The third-order valence-electron chi connectivity index (χ3n) is 6.21. The molecule has 5 rings (SSSR count). The summed E-state index contributed by atoms with van der Waals surface area (Å²) < 4.78 is 8.16. The minimum Gasteiger partial charge on any atom is -0.492 e. The SMILES string of the molecule is Cc1ccc(N2CC(c3nc4ccccc4n3CCOc3ccc(Cl)cc3)CC2=O)c(C)c1. The van der Waals surface area contributed by atoms with Crippen molar-refractivity contribution in [1.29, 1.82) is 0 Å². The quantitative estimate of drug-likeness (QED) is 0.360. The van der Waals surface area contributed by atoms with Gasteiger partial charge in [0.25, 0.3) is 0 Å². The molecule has 1 saturated heterocycles. The van der Waals surface area contributed by atoms with Gasteiger partial charge in [-0.1, -0.05) is 41.4 Å². The van der Waals surface area contributed by atoms with Crippen molar-refractivity contribution in [3.8, 4) is 5.75 Å². The largest absolute Gasteiger partial charge is 0.492 e. The number of hydrogen-bond donors (Lipinski definition) is 0. The lowest BCUT2D eigenvalue weighted by Gasteiger charge is -2.20. The summed E-state index contributed by atoms with van der Waals surface area (Å²) >= 11 is 5.97. The summed E-state index contributed by atoms with van der Waals surface area (Å²) in [6, 6.07) is 21.7. The molecule has 1 aliphatic heterocycles. The fourth-order valence-electron chi connectivity index (χ4n) is 4.65. The van der Waals surface area contributed by atoms with E-state index in [0.717, 1.165) is 33.9 Å². The van der Waals surface area contributed by atoms with Gasteiger partial charge < -0.3 is 14.2 Å². The first-order chi connectivity index (χ1) is 16.0. The number of rotatable bonds is 6. The summed E-state index contributed by atoms with van der Waals surface area (Å²) in [6.07, 6.45) is 0.453. The van der Waals surface area contributed by atoms with Gasteiger partial charge in [0.2, 0.25) is 5.91 Å². The number of nitrogens with zero attached hydrogens (tertiary/aromatic N) is 3. The number of para-hydroxylation sites is 2. The molecule has 0 spiro atoms. The van der Waals surface area contributed by atoms with Crippen LogP contribution in [0.3, 0.4) is 0 Å². The molecular weight excluding hydrogens is 434 g/mol. The second-order valence-corrected chi connectivity index (χ2v) is 9.04. The number of aromatic nitrogens is 2. The Hall–Kier alpha value is -3.31. The number of aryl methyl sites for hydroxylation is 2. The number of hydrogen-bond acceptors (Lipinski definition) is 3. The van der Waals surface area contributed by atoms with Crippen molar-refractivity contribution in [2.75, 3.05) is 18.1 Å². The second kappa shape index (κ2) is 8.91. The molecule has 0 bridgehead atoms. The van der Waals surface area contributed by atoms with Crippen LogP contribution in [-0.2, 0) is 11.3 Å². The van der Waals surface area contributed by atoms with Gasteiger partial charge in [0, 0.05) is 29.6 Å². The van der Waals surface area contributed by atoms with Crippen LogP contribution >= 0.6 is 11.6 Å². The van der Waals surface area contributed by atoms with Crippen LogP contribution in [0.4, 0.5) is 5.69 Å². The average molecular weight is 460 g/mol. The molecule has 168 valence electrons. The maximum atomic E-state index is 13.0. The molecule has 1 fully saturated rings. The molecule has 0 N–H and O–H groups in total. The molecule has 0 aliphatic carbocycles. The van der Waals surface area contributed by atoms with Crippen molar-refractivity contribution in [3.05, 3.63) is 88.7 Å². The summed E-state index contributed by atoms with van der Waals surface area (Å²) in [6.45, 7) is 5.90. The van der Waals surface area contributed by atoms with Crippen molar-refractivity contribution in [2.45, 2.75) is 32.7 Å². The molecule has 0 radical (unpaired) electrons. The van der Waals surface area contributed by atoms with Crippen LogP contribution in [0.5, 0.6) is 5.75 Å². The predicted molar refractivity (Wildman–Crippen MR) is 132 cm³/mol. The van der Waals surface area contributed by atoms with Crippen LogP contribution in [0.1, 0.15) is 29.3 Å². The first-order valence-electron chi connectivity index (χ1n) is 11.2. The van der Waals surface area contributed by atoms with E-state index in [1.807, 2.05) is 53.4 Å². The number of imidazole rings is 1. The predicted octanol–water partition coefficient (Wildman–Crippen LogP) is 5.91. The van der Waals surface area contributed by atoms with E-state index in [9.17, 15) is 4.79 Å². The van der Waals surface area contributed by atoms with Crippen molar-refractivity contribution < 1.29 is 9.53 Å². The summed E-state index contributed by atoms with van der Waals surface area (Å²) in [5, 5.41) is 0.685. The van der Waals surface area contributed by atoms with Gasteiger partial charge in [-0.25, -0.2) is 4.98 Å². The van der Waals surface area contributed by atoms with E-state index in [1.54, 1.807) is 0 Å². The zero-order valence-corrected chi connectivity index (χ0v) is 19.5. The van der Waals surface area contributed by atoms with Crippen molar-refractivity contribution in [1.82, 2.24) is 9.55 Å². The molecule has 0 saturated carbocycles. The summed E-state index contributed by atoms with van der Waals surface area (Å²) in [5.74, 6) is 1.89. The number of anilines is 1. The number of carbonyl (C=O) groups excluding carboxylic acids is 1. The lowest BCUT2D eigenvalue weighted by atomic mass is 10.1. The van der Waals surface area contributed by atoms with Gasteiger partial charge in [0.15, 0.2) is 0 Å². The van der Waals surface area contributed by atoms with Crippen molar-refractivity contribution >= 4 is 34.2 Å². The molecule has 1 unspecified atom stereocenters. The number of benzene rings is 3. The third kappa shape index (κ3) is 4.33. The van der Waals surface area contributed by atoms with E-state index in [0.29, 0.717) is 31.1 Å². The average Bonchev–Trinajstić information content (AvgIpc) is 3.36. The number of carbonyl (C=O) groups is 1. The maximum Gasteiger partial charge on any atom is 0.227 e. The number of ether oxygens (including phenoxy) is 1. The van der Waals surface area contributed by atoms with E-state index >= 15 is 0 Å². The minimum absolute atomic E-state index is 0.0288. The van der Waals surface area contributed by atoms with Crippen molar-refractivity contribution in [3.63, 3.8) is 0 Å². The van der Waals surface area contributed by atoms with Gasteiger partial charge in [0.05, 0.1) is 17.6 Å². The summed E-state index contributed by atoms with van der Waals surface area (Å²) in [7, 11) is 0. The first-order valence-corrected chi connectivity index (χ1v) is 11.6. The monoisotopic (exact) mass is 459 g/mol. The highest BCUT2D eigenvalue weighted by Crippen LogP contribution is 2.34. The van der Waals surface area contributed by atoms with Gasteiger partial charge in [-0.2, -0.15) is 0 Å². The Morgan fingerprint density at radius 3 is 2.64 bits per heavy atom. The minimum atomic E-state index is 0.0288. The Labute approximate surface area is 198 Å². The standard InChI is InChI=1S/C27H26ClN3O2/c1-18-7-12-24(19(2)15-18)31-17-20(16-26(31)32)27-29-23-5-3-4-6-25(23)30(27)13-14-33-22-10-8-21(28)9-11-22/h3-12,15,20H,13-14,16-17H2,1-2H3. The fraction of sp³-hybridized carbons (Fsp3) is 0.259. The third-order valence-corrected chi connectivity index (χ3v) is 6.47. The lowest BCUT2D eigenvalue weighted by Crippen LogP contribution is -2.25. The van der Waals surface area contributed by atoms with Crippen LogP contribution in [0.25, 0.3) is 11.0 Å². The molecule has 1 amide bonds. The topological polar surface area (TPSA) is 47.4 Å². The first kappa shape index (κ1) is 21.5. The van der Waals surface area contributed by atoms with Gasteiger partial charge in [-0.05, 0) is 61.9 Å². The Morgan fingerprint density at radius 1 is 1.06 bits per heavy atom. The highest BCUT2D eigenvalue weighted by Gasteiger charge is 2.35. The van der Waals surface area contributed by atoms with Crippen LogP contribution < -0.4 is 9.64 Å². The van der Waals surface area contributed by atoms with Crippen LogP contribution in [0.2, 0.25) is 5.02 Å². The van der Waals surface area contributed by atoms with Crippen LogP contribution in [-0.4, -0.2) is 28.6 Å². The van der Waals surface area contributed by atoms with E-state index in [-0.39, 0.29) is 11.8 Å². The molecule has 3 aromatic carbocycles. The number of amides is 1.